The molecule has 1 aromatic rings. The Morgan fingerprint density at radius 2 is 1.87 bits per heavy atom. The Bertz CT molecular complexity index is 339. The van der Waals surface area contributed by atoms with Crippen LogP contribution < -0.4 is 5.73 Å². The summed E-state index contributed by atoms with van der Waals surface area (Å²) in [5.74, 6) is 0.500. The molecule has 0 bridgehead atoms. The largest absolute Gasteiger partial charge is 0.321 e. The summed E-state index contributed by atoms with van der Waals surface area (Å²) in [6.07, 6.45) is 1.11. The standard InChI is InChI=1S/C14H23N/c1-6-12(4)14(5,15)13-8-7-10(2)11(3)9-13/h7-9,12H,6,15H2,1-5H3. The highest BCUT2D eigenvalue weighted by molar-refractivity contribution is 5.34. The van der Waals surface area contributed by atoms with Crippen LogP contribution in [-0.2, 0) is 5.54 Å². The van der Waals surface area contributed by atoms with Gasteiger partial charge in [0.25, 0.3) is 0 Å². The zero-order valence-electron chi connectivity index (χ0n) is 10.6. The number of rotatable bonds is 3. The van der Waals surface area contributed by atoms with Gasteiger partial charge < -0.3 is 5.73 Å². The maximum absolute atomic E-state index is 6.41. The number of benzene rings is 1. The molecular weight excluding hydrogens is 182 g/mol. The first kappa shape index (κ1) is 12.3. The van der Waals surface area contributed by atoms with Gasteiger partial charge in [0, 0.05) is 5.54 Å². The number of aryl methyl sites for hydroxylation is 2. The lowest BCUT2D eigenvalue weighted by Crippen LogP contribution is -2.39. The Morgan fingerprint density at radius 1 is 1.27 bits per heavy atom. The van der Waals surface area contributed by atoms with Crippen molar-refractivity contribution in [2.24, 2.45) is 11.7 Å². The molecule has 0 saturated carbocycles. The van der Waals surface area contributed by atoms with Gasteiger partial charge in [0.05, 0.1) is 0 Å². The molecule has 0 saturated heterocycles. The highest BCUT2D eigenvalue weighted by Gasteiger charge is 2.27. The second kappa shape index (κ2) is 4.36. The van der Waals surface area contributed by atoms with Gasteiger partial charge in [-0.3, -0.25) is 0 Å². The first-order valence-corrected chi connectivity index (χ1v) is 5.76. The minimum Gasteiger partial charge on any atom is -0.321 e. The third kappa shape index (κ3) is 2.40. The van der Waals surface area contributed by atoms with E-state index in [1.807, 2.05) is 0 Å². The third-order valence-electron chi connectivity index (χ3n) is 3.77. The Hall–Kier alpha value is -0.820. The van der Waals surface area contributed by atoms with Crippen molar-refractivity contribution in [3.05, 3.63) is 34.9 Å². The van der Waals surface area contributed by atoms with E-state index in [4.69, 9.17) is 5.73 Å². The lowest BCUT2D eigenvalue weighted by Gasteiger charge is -2.32. The van der Waals surface area contributed by atoms with Crippen molar-refractivity contribution < 1.29 is 0 Å². The van der Waals surface area contributed by atoms with Crippen molar-refractivity contribution in [3.8, 4) is 0 Å². The molecule has 0 radical (unpaired) electrons. The van der Waals surface area contributed by atoms with E-state index in [0.29, 0.717) is 5.92 Å². The summed E-state index contributed by atoms with van der Waals surface area (Å²) < 4.78 is 0. The van der Waals surface area contributed by atoms with Crippen LogP contribution in [0.4, 0.5) is 0 Å². The topological polar surface area (TPSA) is 26.0 Å². The monoisotopic (exact) mass is 205 g/mol. The van der Waals surface area contributed by atoms with E-state index in [0.717, 1.165) is 6.42 Å². The van der Waals surface area contributed by atoms with Crippen molar-refractivity contribution in [3.63, 3.8) is 0 Å². The number of hydrogen-bond acceptors (Lipinski definition) is 1. The second-order valence-electron chi connectivity index (χ2n) is 4.89. The van der Waals surface area contributed by atoms with E-state index in [2.05, 4.69) is 52.8 Å². The molecule has 1 aromatic carbocycles. The van der Waals surface area contributed by atoms with Gasteiger partial charge in [-0.15, -0.1) is 0 Å². The Kier molecular flexibility index (Phi) is 3.56. The zero-order chi connectivity index (χ0) is 11.6. The molecule has 0 amide bonds. The Balaban J connectivity index is 3.10. The Morgan fingerprint density at radius 3 is 2.33 bits per heavy atom. The van der Waals surface area contributed by atoms with Crippen LogP contribution in [0.25, 0.3) is 0 Å². The van der Waals surface area contributed by atoms with Crippen LogP contribution in [0.15, 0.2) is 18.2 Å². The molecule has 0 fully saturated rings. The van der Waals surface area contributed by atoms with Gasteiger partial charge in [0.15, 0.2) is 0 Å². The van der Waals surface area contributed by atoms with Crippen LogP contribution in [0.3, 0.4) is 0 Å². The van der Waals surface area contributed by atoms with Gasteiger partial charge in [-0.25, -0.2) is 0 Å². The molecule has 0 aliphatic rings. The molecule has 2 atom stereocenters. The van der Waals surface area contributed by atoms with Crippen LogP contribution in [0, 0.1) is 19.8 Å². The molecular formula is C14H23N. The van der Waals surface area contributed by atoms with Crippen LogP contribution in [-0.4, -0.2) is 0 Å². The van der Waals surface area contributed by atoms with E-state index >= 15 is 0 Å². The third-order valence-corrected chi connectivity index (χ3v) is 3.77. The maximum Gasteiger partial charge on any atom is 0.0406 e. The summed E-state index contributed by atoms with van der Waals surface area (Å²) in [7, 11) is 0. The lowest BCUT2D eigenvalue weighted by atomic mass is 9.79. The number of nitrogens with two attached hydrogens (primary N) is 1. The zero-order valence-corrected chi connectivity index (χ0v) is 10.6. The van der Waals surface area contributed by atoms with Gasteiger partial charge in [0.1, 0.15) is 0 Å². The van der Waals surface area contributed by atoms with Gasteiger partial charge in [-0.1, -0.05) is 38.5 Å². The predicted octanol–water partition coefficient (Wildman–Crippen LogP) is 3.52. The predicted molar refractivity (Wildman–Crippen MR) is 66.9 cm³/mol. The molecule has 0 aliphatic carbocycles. The Labute approximate surface area is 93.7 Å². The summed E-state index contributed by atoms with van der Waals surface area (Å²) in [5.41, 5.74) is 10.1. The first-order valence-electron chi connectivity index (χ1n) is 5.76. The molecule has 0 aliphatic heterocycles. The summed E-state index contributed by atoms with van der Waals surface area (Å²) in [4.78, 5) is 0. The minimum atomic E-state index is -0.215. The maximum atomic E-state index is 6.41. The summed E-state index contributed by atoms with van der Waals surface area (Å²) >= 11 is 0. The van der Waals surface area contributed by atoms with Crippen molar-refractivity contribution in [1.82, 2.24) is 0 Å². The van der Waals surface area contributed by atoms with Gasteiger partial charge in [-0.2, -0.15) is 0 Å². The molecule has 0 spiro atoms. The van der Waals surface area contributed by atoms with E-state index in [-0.39, 0.29) is 5.54 Å². The molecule has 1 rings (SSSR count). The van der Waals surface area contributed by atoms with E-state index in [1.165, 1.54) is 16.7 Å². The highest BCUT2D eigenvalue weighted by Crippen LogP contribution is 2.29. The average Bonchev–Trinajstić information content (AvgIpc) is 2.20. The fraction of sp³-hybridized carbons (Fsp3) is 0.571. The average molecular weight is 205 g/mol. The van der Waals surface area contributed by atoms with Crippen LogP contribution in [0.1, 0.15) is 43.9 Å². The molecule has 2 N–H and O–H groups in total. The molecule has 84 valence electrons. The van der Waals surface area contributed by atoms with Gasteiger partial charge in [0.2, 0.25) is 0 Å². The molecule has 2 unspecified atom stereocenters. The number of hydrogen-bond donors (Lipinski definition) is 1. The van der Waals surface area contributed by atoms with E-state index in [1.54, 1.807) is 0 Å². The van der Waals surface area contributed by atoms with Gasteiger partial charge >= 0.3 is 0 Å². The smallest absolute Gasteiger partial charge is 0.0406 e. The highest BCUT2D eigenvalue weighted by atomic mass is 14.7. The summed E-state index contributed by atoms with van der Waals surface area (Å²) in [6, 6.07) is 6.55. The van der Waals surface area contributed by atoms with Crippen molar-refractivity contribution in [2.75, 3.05) is 0 Å². The SMILES string of the molecule is CCC(C)C(C)(N)c1ccc(C)c(C)c1. The van der Waals surface area contributed by atoms with Gasteiger partial charge in [-0.05, 0) is 43.4 Å². The quantitative estimate of drug-likeness (QED) is 0.802. The van der Waals surface area contributed by atoms with Crippen LogP contribution in [0.5, 0.6) is 0 Å². The summed E-state index contributed by atoms with van der Waals surface area (Å²) in [5, 5.41) is 0. The van der Waals surface area contributed by atoms with Crippen molar-refractivity contribution in [2.45, 2.75) is 46.6 Å². The first-order chi connectivity index (χ1) is 6.89. The molecule has 0 heterocycles. The van der Waals surface area contributed by atoms with Crippen LogP contribution >= 0.6 is 0 Å². The fourth-order valence-electron chi connectivity index (χ4n) is 1.79. The van der Waals surface area contributed by atoms with Crippen LogP contribution in [0.2, 0.25) is 0 Å². The second-order valence-corrected chi connectivity index (χ2v) is 4.89. The molecule has 1 nitrogen and oxygen atoms in total. The summed E-state index contributed by atoms with van der Waals surface area (Å²) in [6.45, 7) is 10.8. The van der Waals surface area contributed by atoms with Crippen molar-refractivity contribution >= 4 is 0 Å². The minimum absolute atomic E-state index is 0.215. The molecule has 15 heavy (non-hydrogen) atoms. The molecule has 0 aromatic heterocycles. The van der Waals surface area contributed by atoms with E-state index in [9.17, 15) is 0 Å². The van der Waals surface area contributed by atoms with Crippen molar-refractivity contribution in [1.29, 1.82) is 0 Å². The lowest BCUT2D eigenvalue weighted by molar-refractivity contribution is 0.316. The fourth-order valence-corrected chi connectivity index (χ4v) is 1.79. The normalized spacial score (nSPS) is 17.2. The van der Waals surface area contributed by atoms with E-state index < -0.39 is 0 Å². The molecule has 1 heteroatoms.